The van der Waals surface area contributed by atoms with Crippen molar-refractivity contribution in [3.05, 3.63) is 24.0 Å². The third kappa shape index (κ3) is 2.63. The first-order valence-electron chi connectivity index (χ1n) is 3.69. The molecule has 0 aromatic carbocycles. The van der Waals surface area contributed by atoms with Gasteiger partial charge in [-0.25, -0.2) is 10.6 Å². The second-order valence-corrected chi connectivity index (χ2v) is 2.37. The Kier molecular flexibility index (Phi) is 3.16. The molecule has 5 heteroatoms. The minimum atomic E-state index is -0.356. The van der Waals surface area contributed by atoms with E-state index in [-0.39, 0.29) is 6.03 Å². The Morgan fingerprint density at radius 2 is 2.50 bits per heavy atom. The summed E-state index contributed by atoms with van der Waals surface area (Å²) in [4.78, 5) is 13.5. The zero-order valence-corrected chi connectivity index (χ0v) is 6.63. The van der Waals surface area contributed by atoms with Crippen molar-refractivity contribution < 1.29 is 4.79 Å². The van der Waals surface area contributed by atoms with Crippen molar-refractivity contribution in [2.45, 2.75) is 6.42 Å². The van der Waals surface area contributed by atoms with Crippen molar-refractivity contribution in [2.75, 3.05) is 6.54 Å². The van der Waals surface area contributed by atoms with E-state index in [4.69, 9.17) is 5.84 Å². The van der Waals surface area contributed by atoms with Crippen molar-refractivity contribution in [3.63, 3.8) is 0 Å². The van der Waals surface area contributed by atoms with Crippen LogP contribution < -0.4 is 16.6 Å². The summed E-state index contributed by atoms with van der Waals surface area (Å²) in [7, 11) is 0. The molecule has 0 spiro atoms. The molecule has 0 atom stereocenters. The van der Waals surface area contributed by atoms with Crippen molar-refractivity contribution in [2.24, 2.45) is 5.84 Å². The number of nitrogens with one attached hydrogen (secondary N) is 3. The van der Waals surface area contributed by atoms with Crippen LogP contribution in [0.3, 0.4) is 0 Å². The van der Waals surface area contributed by atoms with Gasteiger partial charge in [0.2, 0.25) is 0 Å². The quantitative estimate of drug-likeness (QED) is 0.284. The van der Waals surface area contributed by atoms with E-state index in [1.165, 1.54) is 0 Å². The number of hydrogen-bond donors (Lipinski definition) is 4. The van der Waals surface area contributed by atoms with Crippen LogP contribution in [0.5, 0.6) is 0 Å². The van der Waals surface area contributed by atoms with Crippen LogP contribution in [0.25, 0.3) is 0 Å². The molecule has 0 saturated carbocycles. The molecular weight excluding hydrogens is 156 g/mol. The van der Waals surface area contributed by atoms with Gasteiger partial charge >= 0.3 is 6.03 Å². The third-order valence-electron chi connectivity index (χ3n) is 1.49. The highest BCUT2D eigenvalue weighted by molar-refractivity contribution is 5.72. The van der Waals surface area contributed by atoms with Crippen molar-refractivity contribution >= 4 is 6.03 Å². The number of carbonyl (C=O) groups excluding carboxylic acids is 1. The number of aromatic nitrogens is 1. The van der Waals surface area contributed by atoms with Crippen LogP contribution in [0.2, 0.25) is 0 Å². The molecule has 0 aliphatic rings. The molecule has 5 nitrogen and oxygen atoms in total. The number of amides is 2. The van der Waals surface area contributed by atoms with Gasteiger partial charge < -0.3 is 10.3 Å². The number of hydrazine groups is 1. The summed E-state index contributed by atoms with van der Waals surface area (Å²) in [5.41, 5.74) is 3.15. The molecule has 0 aliphatic heterocycles. The van der Waals surface area contributed by atoms with Gasteiger partial charge in [0.05, 0.1) is 0 Å². The van der Waals surface area contributed by atoms with Crippen molar-refractivity contribution in [1.82, 2.24) is 15.7 Å². The van der Waals surface area contributed by atoms with Crippen LogP contribution in [-0.4, -0.2) is 17.6 Å². The van der Waals surface area contributed by atoms with Gasteiger partial charge in [-0.3, -0.25) is 5.43 Å². The van der Waals surface area contributed by atoms with Gasteiger partial charge in [-0.05, 0) is 18.1 Å². The third-order valence-corrected chi connectivity index (χ3v) is 1.49. The number of urea groups is 1. The van der Waals surface area contributed by atoms with Gasteiger partial charge in [0.15, 0.2) is 0 Å². The average Bonchev–Trinajstić information content (AvgIpc) is 2.57. The van der Waals surface area contributed by atoms with E-state index < -0.39 is 0 Å². The van der Waals surface area contributed by atoms with Gasteiger partial charge in [0, 0.05) is 18.9 Å². The normalized spacial score (nSPS) is 9.42. The molecule has 5 N–H and O–H groups in total. The van der Waals surface area contributed by atoms with E-state index >= 15 is 0 Å². The van der Waals surface area contributed by atoms with Crippen LogP contribution in [0, 0.1) is 0 Å². The second kappa shape index (κ2) is 4.40. The summed E-state index contributed by atoms with van der Waals surface area (Å²) in [6.45, 7) is 0.584. The van der Waals surface area contributed by atoms with Crippen LogP contribution >= 0.6 is 0 Å². The van der Waals surface area contributed by atoms with E-state index in [1.807, 2.05) is 23.9 Å². The van der Waals surface area contributed by atoms with Crippen LogP contribution in [0.15, 0.2) is 18.5 Å². The minimum absolute atomic E-state index is 0.356. The summed E-state index contributed by atoms with van der Waals surface area (Å²) in [6.07, 6.45) is 4.54. The number of nitrogens with two attached hydrogens (primary N) is 1. The molecule has 2 amide bonds. The van der Waals surface area contributed by atoms with Crippen LogP contribution in [0.4, 0.5) is 4.79 Å². The molecule has 1 rings (SSSR count). The Balaban J connectivity index is 2.15. The topological polar surface area (TPSA) is 82.9 Å². The van der Waals surface area contributed by atoms with Crippen LogP contribution in [-0.2, 0) is 6.42 Å². The lowest BCUT2D eigenvalue weighted by Gasteiger charge is -2.01. The highest BCUT2D eigenvalue weighted by Crippen LogP contribution is 1.95. The zero-order valence-electron chi connectivity index (χ0n) is 6.63. The summed E-state index contributed by atoms with van der Waals surface area (Å²) < 4.78 is 0. The van der Waals surface area contributed by atoms with Gasteiger partial charge in [0.25, 0.3) is 0 Å². The highest BCUT2D eigenvalue weighted by Gasteiger charge is 1.95. The predicted molar refractivity (Wildman–Crippen MR) is 45.2 cm³/mol. The molecule has 12 heavy (non-hydrogen) atoms. The lowest BCUT2D eigenvalue weighted by Crippen LogP contribution is -2.40. The summed E-state index contributed by atoms with van der Waals surface area (Å²) in [5.74, 6) is 4.86. The predicted octanol–water partition coefficient (Wildman–Crippen LogP) is -0.270. The van der Waals surface area contributed by atoms with Gasteiger partial charge in [-0.15, -0.1) is 0 Å². The van der Waals surface area contributed by atoms with Crippen molar-refractivity contribution in [1.29, 1.82) is 0 Å². The maximum absolute atomic E-state index is 10.6. The number of H-pyrrole nitrogens is 1. The fourth-order valence-corrected chi connectivity index (χ4v) is 0.885. The molecule has 0 saturated heterocycles. The van der Waals surface area contributed by atoms with Crippen molar-refractivity contribution in [3.8, 4) is 0 Å². The van der Waals surface area contributed by atoms with Gasteiger partial charge in [-0.1, -0.05) is 0 Å². The van der Waals surface area contributed by atoms with E-state index in [9.17, 15) is 4.79 Å². The fraction of sp³-hybridized carbons (Fsp3) is 0.286. The lowest BCUT2D eigenvalue weighted by molar-refractivity contribution is 0.241. The SMILES string of the molecule is NNC(=O)NCCc1cc[nH]c1. The number of rotatable bonds is 3. The van der Waals surface area contributed by atoms with E-state index in [0.29, 0.717) is 6.54 Å². The fourth-order valence-electron chi connectivity index (χ4n) is 0.885. The largest absolute Gasteiger partial charge is 0.367 e. The molecule has 1 aromatic heterocycles. The summed E-state index contributed by atoms with van der Waals surface area (Å²) >= 11 is 0. The Hall–Kier alpha value is -1.49. The molecule has 0 radical (unpaired) electrons. The van der Waals surface area contributed by atoms with Gasteiger partial charge in [0.1, 0.15) is 0 Å². The summed E-state index contributed by atoms with van der Waals surface area (Å²) in [6, 6.07) is 1.60. The Labute approximate surface area is 70.3 Å². The highest BCUT2D eigenvalue weighted by atomic mass is 16.2. The minimum Gasteiger partial charge on any atom is -0.367 e. The summed E-state index contributed by atoms with van der Waals surface area (Å²) in [5, 5.41) is 2.58. The lowest BCUT2D eigenvalue weighted by atomic mass is 10.2. The number of carbonyl (C=O) groups is 1. The van der Waals surface area contributed by atoms with Gasteiger partial charge in [-0.2, -0.15) is 0 Å². The standard InChI is InChI=1S/C7H12N4O/c8-11-7(12)10-4-2-6-1-3-9-5-6/h1,3,5,9H,2,4,8H2,(H2,10,11,12). The Morgan fingerprint density at radius 3 is 3.08 bits per heavy atom. The Morgan fingerprint density at radius 1 is 1.67 bits per heavy atom. The van der Waals surface area contributed by atoms with E-state index in [0.717, 1.165) is 12.0 Å². The monoisotopic (exact) mass is 168 g/mol. The van der Waals surface area contributed by atoms with E-state index in [1.54, 1.807) is 0 Å². The smallest absolute Gasteiger partial charge is 0.328 e. The molecule has 66 valence electrons. The number of hydrogen-bond acceptors (Lipinski definition) is 2. The van der Waals surface area contributed by atoms with E-state index in [2.05, 4.69) is 10.3 Å². The first-order valence-corrected chi connectivity index (χ1v) is 3.69. The maximum atomic E-state index is 10.6. The first kappa shape index (κ1) is 8.61. The second-order valence-electron chi connectivity index (χ2n) is 2.37. The molecule has 1 aromatic rings. The Bertz CT molecular complexity index is 232. The molecule has 0 fully saturated rings. The molecular formula is C7H12N4O. The van der Waals surface area contributed by atoms with Crippen LogP contribution in [0.1, 0.15) is 5.56 Å². The first-order chi connectivity index (χ1) is 5.83. The molecule has 0 bridgehead atoms. The molecule has 1 heterocycles. The average molecular weight is 168 g/mol. The maximum Gasteiger partial charge on any atom is 0.328 e. The molecule has 0 aliphatic carbocycles. The zero-order chi connectivity index (χ0) is 8.81. The number of aromatic amines is 1. The molecule has 0 unspecified atom stereocenters.